The van der Waals surface area contributed by atoms with E-state index in [1.54, 1.807) is 24.3 Å². The molecule has 0 amide bonds. The van der Waals surface area contributed by atoms with Crippen LogP contribution in [0.1, 0.15) is 17.5 Å². The van der Waals surface area contributed by atoms with Crippen molar-refractivity contribution in [1.82, 2.24) is 4.98 Å². The molecule has 2 aromatic carbocycles. The van der Waals surface area contributed by atoms with Crippen molar-refractivity contribution in [2.75, 3.05) is 7.11 Å². The minimum Gasteiger partial charge on any atom is -0.457 e. The molecule has 0 saturated heterocycles. The second-order valence-corrected chi connectivity index (χ2v) is 5.60. The number of aliphatic hydroxyl groups is 1. The summed E-state index contributed by atoms with van der Waals surface area (Å²) in [6.45, 7) is 1.86. The van der Waals surface area contributed by atoms with Gasteiger partial charge in [0.1, 0.15) is 17.3 Å². The number of aromatic nitrogens is 1. The normalized spacial score (nSPS) is 12.0. The van der Waals surface area contributed by atoms with Crippen LogP contribution in [-0.2, 0) is 4.74 Å². The fraction of sp³-hybridized carbons (Fsp3) is 0.150. The van der Waals surface area contributed by atoms with Crippen molar-refractivity contribution in [3.05, 3.63) is 77.7 Å². The minimum atomic E-state index is -0.985. The van der Waals surface area contributed by atoms with Gasteiger partial charge in [0.25, 0.3) is 0 Å². The lowest BCUT2D eigenvalue weighted by molar-refractivity contribution is -0.0769. The Kier molecular flexibility index (Phi) is 5.07. The lowest BCUT2D eigenvalue weighted by atomic mass is 10.1. The van der Waals surface area contributed by atoms with Gasteiger partial charge in [0.15, 0.2) is 6.29 Å². The largest absolute Gasteiger partial charge is 0.457 e. The van der Waals surface area contributed by atoms with E-state index in [4.69, 9.17) is 9.47 Å². The van der Waals surface area contributed by atoms with E-state index in [0.717, 1.165) is 17.0 Å². The summed E-state index contributed by atoms with van der Waals surface area (Å²) in [6, 6.07) is 16.8. The third-order valence-electron chi connectivity index (χ3n) is 3.68. The Morgan fingerprint density at radius 2 is 1.56 bits per heavy atom. The highest BCUT2D eigenvalue weighted by Gasteiger charge is 2.10. The van der Waals surface area contributed by atoms with Gasteiger partial charge in [-0.05, 0) is 67.6 Å². The number of ether oxygens (including phenoxy) is 2. The number of halogens is 1. The zero-order valence-corrected chi connectivity index (χ0v) is 13.9. The number of methoxy groups -OCH3 is 1. The van der Waals surface area contributed by atoms with Crippen LogP contribution in [0.3, 0.4) is 0 Å². The van der Waals surface area contributed by atoms with Gasteiger partial charge >= 0.3 is 0 Å². The van der Waals surface area contributed by atoms with Gasteiger partial charge in [-0.3, -0.25) is 4.98 Å². The molecule has 128 valence electrons. The van der Waals surface area contributed by atoms with E-state index in [1.165, 1.54) is 19.2 Å². The number of hydrogen-bond acceptors (Lipinski definition) is 4. The first kappa shape index (κ1) is 17.1. The molecular weight excluding hydrogens is 321 g/mol. The molecule has 0 radical (unpaired) electrons. The van der Waals surface area contributed by atoms with E-state index < -0.39 is 6.29 Å². The fourth-order valence-corrected chi connectivity index (χ4v) is 2.45. The third-order valence-corrected chi connectivity index (χ3v) is 3.68. The van der Waals surface area contributed by atoms with Crippen molar-refractivity contribution in [2.24, 2.45) is 0 Å². The smallest absolute Gasteiger partial charge is 0.180 e. The minimum absolute atomic E-state index is 0.303. The van der Waals surface area contributed by atoms with E-state index in [2.05, 4.69) is 4.98 Å². The van der Waals surface area contributed by atoms with Gasteiger partial charge < -0.3 is 14.6 Å². The summed E-state index contributed by atoms with van der Waals surface area (Å²) in [5, 5.41) is 9.86. The first-order valence-corrected chi connectivity index (χ1v) is 7.78. The van der Waals surface area contributed by atoms with Crippen LogP contribution in [0, 0.1) is 12.7 Å². The Labute approximate surface area is 145 Å². The predicted molar refractivity (Wildman–Crippen MR) is 92.9 cm³/mol. The van der Waals surface area contributed by atoms with Gasteiger partial charge in [0, 0.05) is 23.9 Å². The molecule has 3 rings (SSSR count). The average molecular weight is 339 g/mol. The Balaban J connectivity index is 1.82. The number of nitrogens with zero attached hydrogens (tertiary/aromatic N) is 1. The molecule has 0 bridgehead atoms. The zero-order chi connectivity index (χ0) is 17.8. The molecule has 3 aromatic rings. The standard InChI is InChI=1S/C20H18FNO3/c1-13-11-15(20(23)24-2)12-19(22-13)14-3-7-17(8-4-14)25-18-9-5-16(21)6-10-18/h3-12,20,23H,1-2H3. The quantitative estimate of drug-likeness (QED) is 0.689. The molecule has 1 unspecified atom stereocenters. The Morgan fingerprint density at radius 1 is 0.960 bits per heavy atom. The molecule has 4 nitrogen and oxygen atoms in total. The van der Waals surface area contributed by atoms with E-state index in [-0.39, 0.29) is 5.82 Å². The number of rotatable bonds is 5. The first-order chi connectivity index (χ1) is 12.0. The number of hydrogen-bond donors (Lipinski definition) is 1. The van der Waals surface area contributed by atoms with Gasteiger partial charge in [-0.15, -0.1) is 0 Å². The highest BCUT2D eigenvalue weighted by Crippen LogP contribution is 2.27. The van der Waals surface area contributed by atoms with E-state index in [1.807, 2.05) is 31.2 Å². The monoisotopic (exact) mass is 339 g/mol. The molecule has 25 heavy (non-hydrogen) atoms. The maximum absolute atomic E-state index is 12.9. The lowest BCUT2D eigenvalue weighted by Crippen LogP contribution is -2.01. The van der Waals surface area contributed by atoms with Crippen LogP contribution >= 0.6 is 0 Å². The number of pyridine rings is 1. The molecule has 0 aliphatic heterocycles. The summed E-state index contributed by atoms with van der Waals surface area (Å²) in [6.07, 6.45) is -0.985. The first-order valence-electron chi connectivity index (χ1n) is 7.78. The highest BCUT2D eigenvalue weighted by atomic mass is 19.1. The molecule has 5 heteroatoms. The number of benzene rings is 2. The van der Waals surface area contributed by atoms with Crippen molar-refractivity contribution in [3.63, 3.8) is 0 Å². The summed E-state index contributed by atoms with van der Waals surface area (Å²) in [5.41, 5.74) is 3.06. The summed E-state index contributed by atoms with van der Waals surface area (Å²) >= 11 is 0. The molecule has 0 aliphatic rings. The second-order valence-electron chi connectivity index (χ2n) is 5.60. The second kappa shape index (κ2) is 7.42. The van der Waals surface area contributed by atoms with Crippen LogP contribution < -0.4 is 4.74 Å². The van der Waals surface area contributed by atoms with Crippen molar-refractivity contribution in [3.8, 4) is 22.8 Å². The van der Waals surface area contributed by atoms with Crippen molar-refractivity contribution >= 4 is 0 Å². The van der Waals surface area contributed by atoms with Crippen molar-refractivity contribution in [1.29, 1.82) is 0 Å². The van der Waals surface area contributed by atoms with Gasteiger partial charge in [-0.2, -0.15) is 0 Å². The number of aliphatic hydroxyl groups excluding tert-OH is 1. The van der Waals surface area contributed by atoms with E-state index in [0.29, 0.717) is 17.1 Å². The Bertz CT molecular complexity index is 848. The van der Waals surface area contributed by atoms with Crippen LogP contribution in [0.25, 0.3) is 11.3 Å². The summed E-state index contributed by atoms with van der Waals surface area (Å²) < 4.78 is 23.6. The third kappa shape index (κ3) is 4.21. The molecular formula is C20H18FNO3. The SMILES string of the molecule is COC(O)c1cc(C)nc(-c2ccc(Oc3ccc(F)cc3)cc2)c1. The maximum atomic E-state index is 12.9. The molecule has 0 fully saturated rings. The summed E-state index contributed by atoms with van der Waals surface area (Å²) in [7, 11) is 1.45. The van der Waals surface area contributed by atoms with Crippen LogP contribution in [0.15, 0.2) is 60.7 Å². The molecule has 1 atom stereocenters. The zero-order valence-electron chi connectivity index (χ0n) is 13.9. The molecule has 1 aromatic heterocycles. The lowest BCUT2D eigenvalue weighted by Gasteiger charge is -2.12. The predicted octanol–water partition coefficient (Wildman–Crippen LogP) is 4.63. The fourth-order valence-electron chi connectivity index (χ4n) is 2.45. The maximum Gasteiger partial charge on any atom is 0.180 e. The summed E-state index contributed by atoms with van der Waals surface area (Å²) in [5.74, 6) is 0.899. The van der Waals surface area contributed by atoms with E-state index >= 15 is 0 Å². The van der Waals surface area contributed by atoms with Crippen LogP contribution in [0.4, 0.5) is 4.39 Å². The topological polar surface area (TPSA) is 51.6 Å². The van der Waals surface area contributed by atoms with Gasteiger partial charge in [-0.1, -0.05) is 0 Å². The Morgan fingerprint density at radius 3 is 2.16 bits per heavy atom. The van der Waals surface area contributed by atoms with Crippen molar-refractivity contribution in [2.45, 2.75) is 13.2 Å². The molecule has 1 N–H and O–H groups in total. The van der Waals surface area contributed by atoms with Crippen LogP contribution in [0.5, 0.6) is 11.5 Å². The molecule has 1 heterocycles. The van der Waals surface area contributed by atoms with Gasteiger partial charge in [-0.25, -0.2) is 4.39 Å². The molecule has 0 spiro atoms. The molecule has 0 aliphatic carbocycles. The van der Waals surface area contributed by atoms with E-state index in [9.17, 15) is 9.50 Å². The molecule has 0 saturated carbocycles. The van der Waals surface area contributed by atoms with Crippen molar-refractivity contribution < 1.29 is 19.0 Å². The van der Waals surface area contributed by atoms with Gasteiger partial charge in [0.05, 0.1) is 5.69 Å². The highest BCUT2D eigenvalue weighted by molar-refractivity contribution is 5.61. The van der Waals surface area contributed by atoms with Crippen LogP contribution in [0.2, 0.25) is 0 Å². The Hall–Kier alpha value is -2.76. The summed E-state index contributed by atoms with van der Waals surface area (Å²) in [4.78, 5) is 4.49. The average Bonchev–Trinajstić information content (AvgIpc) is 2.63. The van der Waals surface area contributed by atoms with Crippen LogP contribution in [-0.4, -0.2) is 17.2 Å². The number of aryl methyl sites for hydroxylation is 1. The van der Waals surface area contributed by atoms with Gasteiger partial charge in [0.2, 0.25) is 0 Å².